The highest BCUT2D eigenvalue weighted by atomic mass is 35.5. The van der Waals surface area contributed by atoms with Gasteiger partial charge in [0.2, 0.25) is 21.8 Å². The topological polar surface area (TPSA) is 105 Å². The summed E-state index contributed by atoms with van der Waals surface area (Å²) < 4.78 is 37.4. The molecular weight excluding hydrogens is 565 g/mol. The van der Waals surface area contributed by atoms with Gasteiger partial charge < -0.3 is 19.7 Å². The Labute approximate surface area is 240 Å². The van der Waals surface area contributed by atoms with E-state index in [1.54, 1.807) is 37.3 Å². The Morgan fingerprint density at radius 2 is 1.74 bits per heavy atom. The van der Waals surface area contributed by atoms with Crippen LogP contribution in [0.5, 0.6) is 11.5 Å². The fourth-order valence-electron chi connectivity index (χ4n) is 4.57. The van der Waals surface area contributed by atoms with E-state index in [0.717, 1.165) is 42.7 Å². The van der Waals surface area contributed by atoms with Crippen molar-refractivity contribution in [3.05, 3.63) is 52.0 Å². The fraction of sp³-hybridized carbons (Fsp3) is 0.481. The summed E-state index contributed by atoms with van der Waals surface area (Å²) in [4.78, 5) is 28.5. The van der Waals surface area contributed by atoms with Crippen LogP contribution in [-0.4, -0.2) is 64.2 Å². The zero-order valence-electron chi connectivity index (χ0n) is 22.6. The number of nitrogens with one attached hydrogen (secondary N) is 1. The third-order valence-electron chi connectivity index (χ3n) is 6.81. The van der Waals surface area contributed by atoms with E-state index < -0.39 is 28.5 Å². The summed E-state index contributed by atoms with van der Waals surface area (Å²) in [6.07, 6.45) is 5.97. The van der Waals surface area contributed by atoms with Gasteiger partial charge in [-0.25, -0.2) is 8.42 Å². The van der Waals surface area contributed by atoms with Crippen LogP contribution in [0.3, 0.4) is 0 Å². The third-order valence-corrected chi connectivity index (χ3v) is 8.52. The number of methoxy groups -OCH3 is 2. The minimum absolute atomic E-state index is 0.0268. The molecule has 9 nitrogen and oxygen atoms in total. The van der Waals surface area contributed by atoms with Crippen molar-refractivity contribution in [1.82, 2.24) is 10.2 Å². The lowest BCUT2D eigenvalue weighted by Crippen LogP contribution is -2.53. The first kappa shape index (κ1) is 30.8. The van der Waals surface area contributed by atoms with Crippen molar-refractivity contribution in [3.63, 3.8) is 0 Å². The van der Waals surface area contributed by atoms with E-state index in [1.165, 1.54) is 25.2 Å². The average molecular weight is 601 g/mol. The summed E-state index contributed by atoms with van der Waals surface area (Å²) in [6.45, 7) is 1.02. The Morgan fingerprint density at radius 1 is 1.05 bits per heavy atom. The van der Waals surface area contributed by atoms with Crippen LogP contribution in [0.25, 0.3) is 0 Å². The molecule has 0 aromatic heterocycles. The van der Waals surface area contributed by atoms with Gasteiger partial charge in [0.25, 0.3) is 0 Å². The zero-order valence-corrected chi connectivity index (χ0v) is 24.9. The second kappa shape index (κ2) is 13.6. The second-order valence-corrected chi connectivity index (χ2v) is 12.3. The minimum Gasteiger partial charge on any atom is -0.497 e. The maximum atomic E-state index is 13.8. The van der Waals surface area contributed by atoms with Gasteiger partial charge in [-0.15, -0.1) is 0 Å². The van der Waals surface area contributed by atoms with Crippen molar-refractivity contribution in [3.8, 4) is 11.5 Å². The highest BCUT2D eigenvalue weighted by Crippen LogP contribution is 2.34. The van der Waals surface area contributed by atoms with Crippen molar-refractivity contribution in [2.45, 2.75) is 57.7 Å². The number of anilines is 1. The molecule has 1 fully saturated rings. The van der Waals surface area contributed by atoms with Crippen molar-refractivity contribution in [1.29, 1.82) is 0 Å². The Bertz CT molecular complexity index is 1280. The number of carbonyl (C=O) groups excluding carboxylic acids is 2. The predicted octanol–water partition coefficient (Wildman–Crippen LogP) is 4.64. The molecule has 0 aliphatic heterocycles. The van der Waals surface area contributed by atoms with Crippen LogP contribution in [0.1, 0.15) is 44.6 Å². The van der Waals surface area contributed by atoms with Crippen molar-refractivity contribution in [2.75, 3.05) is 31.3 Å². The van der Waals surface area contributed by atoms with Crippen LogP contribution >= 0.6 is 23.2 Å². The van der Waals surface area contributed by atoms with Crippen molar-refractivity contribution in [2.24, 2.45) is 0 Å². The van der Waals surface area contributed by atoms with Gasteiger partial charge in [-0.2, -0.15) is 0 Å². The highest BCUT2D eigenvalue weighted by molar-refractivity contribution is 7.92. The normalized spacial score (nSPS) is 14.8. The SMILES string of the molecule is COc1ccc(OC)c(N(CC(=O)N(Cc2ccc(Cl)cc2Cl)[C@@H](C)C(=O)NC2CCCCC2)S(C)(=O)=O)c1. The van der Waals surface area contributed by atoms with Crippen molar-refractivity contribution >= 4 is 50.7 Å². The number of hydrogen-bond donors (Lipinski definition) is 1. The Morgan fingerprint density at radius 3 is 2.33 bits per heavy atom. The van der Waals surface area contributed by atoms with Crippen LogP contribution in [0.15, 0.2) is 36.4 Å². The number of halogens is 2. The lowest BCUT2D eigenvalue weighted by Gasteiger charge is -2.33. The van der Waals surface area contributed by atoms with E-state index in [-0.39, 0.29) is 29.9 Å². The standard InChI is InChI=1S/C27H35Cl2N3O6S/c1-18(27(34)30-21-8-6-5-7-9-21)31(16-19-10-11-20(28)14-23(19)29)26(33)17-32(39(4,35)36)24-15-22(37-2)12-13-25(24)38-3/h10-15,18,21H,5-9,16-17H2,1-4H3,(H,30,34)/t18-/m0/s1. The summed E-state index contributed by atoms with van der Waals surface area (Å²) in [5.41, 5.74) is 0.702. The largest absolute Gasteiger partial charge is 0.497 e. The van der Waals surface area contributed by atoms with E-state index in [1.807, 2.05) is 0 Å². The quantitative estimate of drug-likeness (QED) is 0.403. The summed E-state index contributed by atoms with van der Waals surface area (Å²) in [5, 5.41) is 3.81. The van der Waals surface area contributed by atoms with E-state index in [9.17, 15) is 18.0 Å². The summed E-state index contributed by atoms with van der Waals surface area (Å²) in [5.74, 6) is -0.283. The van der Waals surface area contributed by atoms with Gasteiger partial charge in [-0.05, 0) is 49.6 Å². The Hall–Kier alpha value is -2.69. The lowest BCUT2D eigenvalue weighted by atomic mass is 9.95. The second-order valence-electron chi connectivity index (χ2n) is 9.58. The molecule has 0 spiro atoms. The number of ether oxygens (including phenoxy) is 2. The van der Waals surface area contributed by atoms with Crippen LogP contribution in [-0.2, 0) is 26.2 Å². The lowest BCUT2D eigenvalue weighted by molar-refractivity contribution is -0.139. The molecule has 3 rings (SSSR count). The van der Waals surface area contributed by atoms with Crippen LogP contribution < -0.4 is 19.1 Å². The van der Waals surface area contributed by atoms with Gasteiger partial charge in [0, 0.05) is 28.7 Å². The van der Waals surface area contributed by atoms with E-state index in [0.29, 0.717) is 21.4 Å². The molecule has 39 heavy (non-hydrogen) atoms. The first-order valence-electron chi connectivity index (χ1n) is 12.7. The first-order chi connectivity index (χ1) is 18.4. The minimum atomic E-state index is -3.95. The molecule has 0 unspecified atom stereocenters. The summed E-state index contributed by atoms with van der Waals surface area (Å²) in [7, 11) is -1.10. The van der Waals surface area contributed by atoms with Crippen LogP contribution in [0, 0.1) is 0 Å². The first-order valence-corrected chi connectivity index (χ1v) is 15.3. The maximum absolute atomic E-state index is 13.8. The molecule has 1 aliphatic carbocycles. The molecule has 214 valence electrons. The molecule has 0 saturated heterocycles. The number of sulfonamides is 1. The van der Waals surface area contributed by atoms with E-state index >= 15 is 0 Å². The average Bonchev–Trinajstić information content (AvgIpc) is 2.90. The monoisotopic (exact) mass is 599 g/mol. The van der Waals surface area contributed by atoms with Gasteiger partial charge >= 0.3 is 0 Å². The molecule has 2 amide bonds. The molecule has 1 N–H and O–H groups in total. The molecule has 1 saturated carbocycles. The molecule has 1 aliphatic rings. The van der Waals surface area contributed by atoms with Crippen LogP contribution in [0.2, 0.25) is 10.0 Å². The molecule has 0 radical (unpaired) electrons. The maximum Gasteiger partial charge on any atom is 0.244 e. The highest BCUT2D eigenvalue weighted by Gasteiger charge is 2.32. The number of benzene rings is 2. The van der Waals surface area contributed by atoms with E-state index in [4.69, 9.17) is 32.7 Å². The number of rotatable bonds is 11. The van der Waals surface area contributed by atoms with Gasteiger partial charge in [0.15, 0.2) is 0 Å². The molecular formula is C27H35Cl2N3O6S. The summed E-state index contributed by atoms with van der Waals surface area (Å²) in [6, 6.07) is 8.67. The predicted molar refractivity (Wildman–Crippen MR) is 153 cm³/mol. The zero-order chi connectivity index (χ0) is 28.7. The molecule has 0 heterocycles. The number of hydrogen-bond acceptors (Lipinski definition) is 6. The van der Waals surface area contributed by atoms with Crippen molar-refractivity contribution < 1.29 is 27.5 Å². The number of carbonyl (C=O) groups is 2. The number of nitrogens with zero attached hydrogens (tertiary/aromatic N) is 2. The smallest absolute Gasteiger partial charge is 0.244 e. The van der Waals surface area contributed by atoms with Crippen LogP contribution in [0.4, 0.5) is 5.69 Å². The van der Waals surface area contributed by atoms with Gasteiger partial charge in [-0.3, -0.25) is 13.9 Å². The van der Waals surface area contributed by atoms with Gasteiger partial charge in [0.1, 0.15) is 24.1 Å². The third kappa shape index (κ3) is 8.16. The molecule has 2 aromatic rings. The fourth-order valence-corrected chi connectivity index (χ4v) is 5.88. The summed E-state index contributed by atoms with van der Waals surface area (Å²) >= 11 is 12.5. The molecule has 1 atom stereocenters. The molecule has 12 heteroatoms. The van der Waals surface area contributed by atoms with Gasteiger partial charge in [-0.1, -0.05) is 48.5 Å². The number of amides is 2. The Balaban J connectivity index is 1.96. The molecule has 0 bridgehead atoms. The Kier molecular flexibility index (Phi) is 10.7. The van der Waals surface area contributed by atoms with Gasteiger partial charge in [0.05, 0.1) is 26.2 Å². The van der Waals surface area contributed by atoms with E-state index in [2.05, 4.69) is 5.32 Å². The molecule has 2 aromatic carbocycles.